The van der Waals surface area contributed by atoms with E-state index in [0.717, 1.165) is 35.3 Å². The molecule has 0 radical (unpaired) electrons. The number of aromatic nitrogens is 3. The van der Waals surface area contributed by atoms with Crippen molar-refractivity contribution in [2.45, 2.75) is 38.6 Å². The van der Waals surface area contributed by atoms with Crippen LogP contribution in [0.1, 0.15) is 30.8 Å². The van der Waals surface area contributed by atoms with E-state index in [-0.39, 0.29) is 17.7 Å². The summed E-state index contributed by atoms with van der Waals surface area (Å²) in [6, 6.07) is 9.93. The number of nitrogens with zero attached hydrogens (tertiary/aromatic N) is 2. The first-order chi connectivity index (χ1) is 12.3. The summed E-state index contributed by atoms with van der Waals surface area (Å²) in [5, 5.41) is 4.54. The van der Waals surface area contributed by atoms with Gasteiger partial charge in [-0.2, -0.15) is 0 Å². The molecule has 130 valence electrons. The molecule has 1 aliphatic rings. The average Bonchev–Trinajstić information content (AvgIpc) is 3.28. The van der Waals surface area contributed by atoms with E-state index in [4.69, 9.17) is 4.74 Å². The number of fused-ring (bicyclic) bond motifs is 1. The molecule has 4 rings (SSSR count). The topological polar surface area (TPSA) is 71.9 Å². The number of imidazole rings is 1. The summed E-state index contributed by atoms with van der Waals surface area (Å²) in [4.78, 5) is 19.7. The van der Waals surface area contributed by atoms with Crippen LogP contribution >= 0.6 is 0 Å². The summed E-state index contributed by atoms with van der Waals surface area (Å²) < 4.78 is 8.01. The Morgan fingerprint density at radius 2 is 2.28 bits per heavy atom. The Bertz CT molecular complexity index is 930. The monoisotopic (exact) mass is 338 g/mol. The fraction of sp³-hybridized carbons (Fsp3) is 0.368. The summed E-state index contributed by atoms with van der Waals surface area (Å²) in [6.07, 6.45) is 4.62. The Hall–Kier alpha value is -2.44. The second kappa shape index (κ2) is 6.82. The number of ether oxygens (including phenoxy) is 1. The predicted molar refractivity (Wildman–Crippen MR) is 96.4 cm³/mol. The minimum Gasteiger partial charge on any atom is -0.369 e. The van der Waals surface area contributed by atoms with Gasteiger partial charge in [-0.25, -0.2) is 4.98 Å². The second-order valence-corrected chi connectivity index (χ2v) is 6.35. The van der Waals surface area contributed by atoms with Gasteiger partial charge in [0.2, 0.25) is 0 Å². The molecule has 0 bridgehead atoms. The maximum absolute atomic E-state index is 12.3. The highest BCUT2D eigenvalue weighted by atomic mass is 16.5. The van der Waals surface area contributed by atoms with Gasteiger partial charge in [0.05, 0.1) is 0 Å². The van der Waals surface area contributed by atoms with Gasteiger partial charge in [-0.3, -0.25) is 4.79 Å². The van der Waals surface area contributed by atoms with E-state index in [9.17, 15) is 4.79 Å². The van der Waals surface area contributed by atoms with Gasteiger partial charge in [-0.1, -0.05) is 18.2 Å². The van der Waals surface area contributed by atoms with E-state index in [1.54, 1.807) is 0 Å². The molecular weight excluding hydrogens is 316 g/mol. The Morgan fingerprint density at radius 1 is 1.40 bits per heavy atom. The number of benzene rings is 1. The lowest BCUT2D eigenvalue weighted by Crippen LogP contribution is -2.34. The van der Waals surface area contributed by atoms with Crippen LogP contribution in [0.2, 0.25) is 0 Å². The van der Waals surface area contributed by atoms with Gasteiger partial charge in [0.15, 0.2) is 0 Å². The molecule has 0 amide bonds. The SMILES string of the molecule is CCn1ccnc1[C@H]1OCC[C@@H]1NCc1cc2ccccc2[nH]c1=O. The fourth-order valence-electron chi connectivity index (χ4n) is 3.46. The normalized spacial score (nSPS) is 20.4. The fourth-order valence-corrected chi connectivity index (χ4v) is 3.46. The number of H-pyrrole nitrogens is 1. The predicted octanol–water partition coefficient (Wildman–Crippen LogP) is 2.36. The molecule has 2 atom stereocenters. The van der Waals surface area contributed by atoms with Crippen LogP contribution in [0.25, 0.3) is 10.9 Å². The summed E-state index contributed by atoms with van der Waals surface area (Å²) in [7, 11) is 0. The zero-order valence-corrected chi connectivity index (χ0v) is 14.2. The van der Waals surface area contributed by atoms with E-state index in [0.29, 0.717) is 13.2 Å². The van der Waals surface area contributed by atoms with Crippen molar-refractivity contribution < 1.29 is 4.74 Å². The molecule has 2 N–H and O–H groups in total. The number of para-hydroxylation sites is 1. The summed E-state index contributed by atoms with van der Waals surface area (Å²) >= 11 is 0. The van der Waals surface area contributed by atoms with E-state index >= 15 is 0 Å². The number of aromatic amines is 1. The number of rotatable bonds is 5. The van der Waals surface area contributed by atoms with E-state index in [1.807, 2.05) is 42.7 Å². The van der Waals surface area contributed by atoms with Gasteiger partial charge >= 0.3 is 0 Å². The van der Waals surface area contributed by atoms with Crippen molar-refractivity contribution in [3.05, 3.63) is 64.5 Å². The highest BCUT2D eigenvalue weighted by Gasteiger charge is 2.32. The second-order valence-electron chi connectivity index (χ2n) is 6.35. The van der Waals surface area contributed by atoms with Crippen LogP contribution < -0.4 is 10.9 Å². The maximum Gasteiger partial charge on any atom is 0.252 e. The third-order valence-electron chi connectivity index (χ3n) is 4.82. The van der Waals surface area contributed by atoms with Crippen LogP contribution in [0.3, 0.4) is 0 Å². The van der Waals surface area contributed by atoms with Gasteiger partial charge in [0, 0.05) is 49.2 Å². The van der Waals surface area contributed by atoms with Gasteiger partial charge in [0.25, 0.3) is 5.56 Å². The smallest absolute Gasteiger partial charge is 0.252 e. The van der Waals surface area contributed by atoms with Crippen molar-refractivity contribution in [3.8, 4) is 0 Å². The van der Waals surface area contributed by atoms with Crippen molar-refractivity contribution in [3.63, 3.8) is 0 Å². The first-order valence-electron chi connectivity index (χ1n) is 8.73. The van der Waals surface area contributed by atoms with Gasteiger partial charge in [-0.15, -0.1) is 0 Å². The lowest BCUT2D eigenvalue weighted by Gasteiger charge is -2.20. The molecular formula is C19H22N4O2. The third-order valence-corrected chi connectivity index (χ3v) is 4.82. The number of pyridine rings is 1. The Balaban J connectivity index is 1.52. The Kier molecular flexibility index (Phi) is 4.38. The maximum atomic E-state index is 12.3. The van der Waals surface area contributed by atoms with Gasteiger partial charge in [0.1, 0.15) is 11.9 Å². The Morgan fingerprint density at radius 3 is 3.16 bits per heavy atom. The molecule has 6 heteroatoms. The number of aryl methyl sites for hydroxylation is 1. The van der Waals surface area contributed by atoms with Crippen molar-refractivity contribution >= 4 is 10.9 Å². The molecule has 0 spiro atoms. The molecule has 1 aliphatic heterocycles. The number of nitrogens with one attached hydrogen (secondary N) is 2. The zero-order valence-electron chi connectivity index (χ0n) is 14.2. The molecule has 2 aromatic heterocycles. The lowest BCUT2D eigenvalue weighted by molar-refractivity contribution is 0.0886. The lowest BCUT2D eigenvalue weighted by atomic mass is 10.1. The van der Waals surface area contributed by atoms with Crippen molar-refractivity contribution in [2.24, 2.45) is 0 Å². The third kappa shape index (κ3) is 3.10. The number of hydrogen-bond acceptors (Lipinski definition) is 4. The van der Waals surface area contributed by atoms with Crippen LogP contribution in [-0.4, -0.2) is 27.2 Å². The van der Waals surface area contributed by atoms with Crippen LogP contribution in [0.4, 0.5) is 0 Å². The van der Waals surface area contributed by atoms with Crippen molar-refractivity contribution in [1.29, 1.82) is 0 Å². The minimum absolute atomic E-state index is 0.0447. The van der Waals surface area contributed by atoms with Crippen LogP contribution in [0.5, 0.6) is 0 Å². The van der Waals surface area contributed by atoms with E-state index < -0.39 is 0 Å². The molecule has 0 unspecified atom stereocenters. The molecule has 0 aliphatic carbocycles. The molecule has 1 fully saturated rings. The van der Waals surface area contributed by atoms with Crippen LogP contribution in [0, 0.1) is 0 Å². The quantitative estimate of drug-likeness (QED) is 0.749. The zero-order chi connectivity index (χ0) is 17.2. The average molecular weight is 338 g/mol. The van der Waals surface area contributed by atoms with Gasteiger partial charge in [-0.05, 0) is 30.9 Å². The number of hydrogen-bond donors (Lipinski definition) is 2. The van der Waals surface area contributed by atoms with E-state index in [2.05, 4.69) is 26.8 Å². The van der Waals surface area contributed by atoms with Crippen LogP contribution in [-0.2, 0) is 17.8 Å². The molecule has 3 heterocycles. The summed E-state index contributed by atoms with van der Waals surface area (Å²) in [5.74, 6) is 0.949. The molecule has 6 nitrogen and oxygen atoms in total. The highest BCUT2D eigenvalue weighted by molar-refractivity contribution is 5.78. The summed E-state index contributed by atoms with van der Waals surface area (Å²) in [6.45, 7) is 4.17. The van der Waals surface area contributed by atoms with Crippen molar-refractivity contribution in [2.75, 3.05) is 6.61 Å². The molecule has 3 aromatic rings. The van der Waals surface area contributed by atoms with Gasteiger partial charge < -0.3 is 19.6 Å². The molecule has 25 heavy (non-hydrogen) atoms. The molecule has 0 saturated carbocycles. The van der Waals surface area contributed by atoms with Crippen molar-refractivity contribution in [1.82, 2.24) is 19.9 Å². The minimum atomic E-state index is -0.0745. The van der Waals surface area contributed by atoms with Crippen LogP contribution in [0.15, 0.2) is 47.5 Å². The molecule has 1 aromatic carbocycles. The Labute approximate surface area is 145 Å². The highest BCUT2D eigenvalue weighted by Crippen LogP contribution is 2.28. The largest absolute Gasteiger partial charge is 0.369 e. The van der Waals surface area contributed by atoms with E-state index in [1.165, 1.54) is 0 Å². The first kappa shape index (κ1) is 16.1. The standard InChI is InChI=1S/C19H22N4O2/c1-2-23-9-8-20-18(23)17-16(7-10-25-17)21-12-14-11-13-5-3-4-6-15(13)22-19(14)24/h3-6,8-9,11,16-17,21H,2,7,10,12H2,1H3,(H,22,24)/t16-,17-/m0/s1. The molecule has 1 saturated heterocycles. The summed E-state index contributed by atoms with van der Waals surface area (Å²) in [5.41, 5.74) is 1.56. The first-order valence-corrected chi connectivity index (χ1v) is 8.73.